The summed E-state index contributed by atoms with van der Waals surface area (Å²) in [5.74, 6) is 0.886. The second kappa shape index (κ2) is 11.3. The van der Waals surface area contributed by atoms with E-state index in [9.17, 15) is 9.59 Å². The van der Waals surface area contributed by atoms with Crippen molar-refractivity contribution in [3.63, 3.8) is 0 Å². The number of ketones is 1. The summed E-state index contributed by atoms with van der Waals surface area (Å²) in [6.45, 7) is 8.58. The Labute approximate surface area is 183 Å². The summed E-state index contributed by atoms with van der Waals surface area (Å²) in [5.41, 5.74) is 1.30. The largest absolute Gasteiger partial charge is 0.331 e. The zero-order valence-electron chi connectivity index (χ0n) is 18.9. The fourth-order valence-electron chi connectivity index (χ4n) is 3.26. The molecule has 1 amide bonds. The Hall–Kier alpha value is -2.19. The molecule has 1 heterocycles. The lowest BCUT2D eigenvalue weighted by molar-refractivity contribution is -0.893. The van der Waals surface area contributed by atoms with Crippen LogP contribution in [0.5, 0.6) is 0 Å². The predicted octanol–water partition coefficient (Wildman–Crippen LogP) is 3.00. The quantitative estimate of drug-likeness (QED) is 0.421. The number of nitrogens with zero attached hydrogens (tertiary/aromatic N) is 3. The molecule has 0 saturated carbocycles. The zero-order chi connectivity index (χ0) is 22.3. The van der Waals surface area contributed by atoms with E-state index in [0.717, 1.165) is 36.8 Å². The average molecular weight is 433 g/mol. The Bertz CT molecular complexity index is 848. The van der Waals surface area contributed by atoms with Crippen molar-refractivity contribution in [1.29, 1.82) is 0 Å². The number of anilines is 1. The Morgan fingerprint density at radius 1 is 1.17 bits per heavy atom. The number of aromatic nitrogens is 3. The van der Waals surface area contributed by atoms with Gasteiger partial charge in [0, 0.05) is 24.2 Å². The van der Waals surface area contributed by atoms with E-state index in [1.54, 1.807) is 24.3 Å². The van der Waals surface area contributed by atoms with E-state index in [0.29, 0.717) is 11.3 Å². The van der Waals surface area contributed by atoms with Gasteiger partial charge < -0.3 is 14.8 Å². The summed E-state index contributed by atoms with van der Waals surface area (Å²) in [6, 6.07) is 7.21. The summed E-state index contributed by atoms with van der Waals surface area (Å²) < 4.78 is 2.18. The van der Waals surface area contributed by atoms with Crippen molar-refractivity contribution in [1.82, 2.24) is 14.8 Å². The van der Waals surface area contributed by atoms with Crippen molar-refractivity contribution in [2.45, 2.75) is 70.0 Å². The molecular weight excluding hydrogens is 398 g/mol. The fourth-order valence-corrected chi connectivity index (χ4v) is 4.15. The monoisotopic (exact) mass is 432 g/mol. The second-order valence-corrected chi connectivity index (χ2v) is 9.07. The number of hydrogen-bond acceptors (Lipinski definition) is 5. The molecule has 7 nitrogen and oxygen atoms in total. The van der Waals surface area contributed by atoms with Gasteiger partial charge in [-0.25, -0.2) is 0 Å². The molecule has 30 heavy (non-hydrogen) atoms. The SMILES string of the molecule is CCCCn1c(S[C@H](C)C(=O)Nc2ccc(C(C)=O)cc2)nnc1[C@@H](CC)[NH+](C)C. The van der Waals surface area contributed by atoms with E-state index < -0.39 is 0 Å². The van der Waals surface area contributed by atoms with Crippen LogP contribution in [-0.2, 0) is 11.3 Å². The highest BCUT2D eigenvalue weighted by molar-refractivity contribution is 8.00. The van der Waals surface area contributed by atoms with Gasteiger partial charge in [-0.1, -0.05) is 32.0 Å². The van der Waals surface area contributed by atoms with Gasteiger partial charge in [-0.15, -0.1) is 10.2 Å². The Balaban J connectivity index is 2.14. The summed E-state index contributed by atoms with van der Waals surface area (Å²) in [6.07, 6.45) is 3.10. The van der Waals surface area contributed by atoms with Crippen LogP contribution < -0.4 is 10.2 Å². The number of rotatable bonds is 11. The van der Waals surface area contributed by atoms with Gasteiger partial charge in [0.05, 0.1) is 19.3 Å². The van der Waals surface area contributed by atoms with Crippen molar-refractivity contribution >= 4 is 29.1 Å². The molecule has 0 spiro atoms. The highest BCUT2D eigenvalue weighted by Gasteiger charge is 2.26. The lowest BCUT2D eigenvalue weighted by Crippen LogP contribution is -3.06. The molecule has 2 aromatic rings. The van der Waals surface area contributed by atoms with E-state index >= 15 is 0 Å². The first-order valence-electron chi connectivity index (χ1n) is 10.6. The maximum Gasteiger partial charge on any atom is 0.237 e. The highest BCUT2D eigenvalue weighted by Crippen LogP contribution is 2.26. The third kappa shape index (κ3) is 6.15. The molecule has 0 unspecified atom stereocenters. The maximum absolute atomic E-state index is 12.7. The summed E-state index contributed by atoms with van der Waals surface area (Å²) in [4.78, 5) is 25.4. The molecule has 0 aliphatic heterocycles. The number of Topliss-reactive ketones (excluding diaryl/α,β-unsaturated/α-hetero) is 1. The van der Waals surface area contributed by atoms with Crippen LogP contribution >= 0.6 is 11.8 Å². The molecule has 2 atom stereocenters. The number of carbonyl (C=O) groups is 2. The summed E-state index contributed by atoms with van der Waals surface area (Å²) in [5, 5.41) is 12.3. The number of benzene rings is 1. The van der Waals surface area contributed by atoms with Crippen LogP contribution in [0.2, 0.25) is 0 Å². The summed E-state index contributed by atoms with van der Waals surface area (Å²) >= 11 is 1.43. The van der Waals surface area contributed by atoms with Crippen LogP contribution in [0.1, 0.15) is 69.2 Å². The normalized spacial score (nSPS) is 13.3. The maximum atomic E-state index is 12.7. The van der Waals surface area contributed by atoms with Crippen LogP contribution in [0.15, 0.2) is 29.4 Å². The van der Waals surface area contributed by atoms with Gasteiger partial charge in [0.1, 0.15) is 6.04 Å². The van der Waals surface area contributed by atoms with Gasteiger partial charge in [-0.2, -0.15) is 0 Å². The lowest BCUT2D eigenvalue weighted by Gasteiger charge is -2.20. The average Bonchev–Trinajstić information content (AvgIpc) is 3.09. The van der Waals surface area contributed by atoms with E-state index in [1.165, 1.54) is 23.6 Å². The van der Waals surface area contributed by atoms with Crippen LogP contribution in [0.3, 0.4) is 0 Å². The second-order valence-electron chi connectivity index (χ2n) is 7.77. The number of amides is 1. The number of nitrogens with one attached hydrogen (secondary N) is 2. The van der Waals surface area contributed by atoms with Gasteiger partial charge >= 0.3 is 0 Å². The first-order chi connectivity index (χ1) is 14.3. The topological polar surface area (TPSA) is 81.3 Å². The van der Waals surface area contributed by atoms with E-state index in [1.807, 2.05) is 6.92 Å². The minimum atomic E-state index is -0.332. The van der Waals surface area contributed by atoms with Crippen molar-refractivity contribution in [2.75, 3.05) is 19.4 Å². The summed E-state index contributed by atoms with van der Waals surface area (Å²) in [7, 11) is 4.26. The molecule has 0 radical (unpaired) electrons. The van der Waals surface area contributed by atoms with Gasteiger partial charge in [0.15, 0.2) is 16.8 Å². The third-order valence-electron chi connectivity index (χ3n) is 5.11. The first-order valence-corrected chi connectivity index (χ1v) is 11.5. The molecule has 0 aliphatic carbocycles. The van der Waals surface area contributed by atoms with E-state index in [2.05, 4.69) is 48.0 Å². The highest BCUT2D eigenvalue weighted by atomic mass is 32.2. The molecule has 1 aromatic carbocycles. The van der Waals surface area contributed by atoms with E-state index in [4.69, 9.17) is 0 Å². The molecular formula is C22H34N5O2S+. The van der Waals surface area contributed by atoms with Crippen LogP contribution in [0, 0.1) is 0 Å². The fraction of sp³-hybridized carbons (Fsp3) is 0.545. The van der Waals surface area contributed by atoms with Crippen LogP contribution in [-0.4, -0.2) is 45.8 Å². The number of unbranched alkanes of at least 4 members (excludes halogenated alkanes) is 1. The van der Waals surface area contributed by atoms with Crippen LogP contribution in [0.25, 0.3) is 0 Å². The first kappa shape index (κ1) is 24.1. The molecule has 0 fully saturated rings. The number of hydrogen-bond donors (Lipinski definition) is 2. The molecule has 0 bridgehead atoms. The minimum absolute atomic E-state index is 0.00367. The number of thioether (sulfide) groups is 1. The minimum Gasteiger partial charge on any atom is -0.331 e. The van der Waals surface area contributed by atoms with Crippen molar-refractivity contribution in [2.24, 2.45) is 0 Å². The van der Waals surface area contributed by atoms with Gasteiger partial charge in [0.2, 0.25) is 5.91 Å². The number of quaternary nitrogens is 1. The smallest absolute Gasteiger partial charge is 0.237 e. The molecule has 0 aliphatic rings. The van der Waals surface area contributed by atoms with Gasteiger partial charge in [0.25, 0.3) is 0 Å². The third-order valence-corrected chi connectivity index (χ3v) is 6.19. The van der Waals surface area contributed by atoms with Crippen molar-refractivity contribution < 1.29 is 14.5 Å². The molecule has 8 heteroatoms. The van der Waals surface area contributed by atoms with Crippen molar-refractivity contribution in [3.8, 4) is 0 Å². The molecule has 164 valence electrons. The molecule has 0 saturated heterocycles. The molecule has 1 aromatic heterocycles. The Kier molecular flexibility index (Phi) is 9.05. The van der Waals surface area contributed by atoms with Crippen molar-refractivity contribution in [3.05, 3.63) is 35.7 Å². The molecule has 2 N–H and O–H groups in total. The zero-order valence-corrected chi connectivity index (χ0v) is 19.7. The van der Waals surface area contributed by atoms with Crippen LogP contribution in [0.4, 0.5) is 5.69 Å². The van der Waals surface area contributed by atoms with Gasteiger partial charge in [-0.3, -0.25) is 9.59 Å². The Morgan fingerprint density at radius 3 is 2.37 bits per heavy atom. The number of carbonyl (C=O) groups excluding carboxylic acids is 2. The lowest BCUT2D eigenvalue weighted by atomic mass is 10.1. The molecule has 2 rings (SSSR count). The standard InChI is InChI=1S/C22H33N5O2S/c1-7-9-14-27-20(19(8-2)26(5)6)24-25-22(27)30-16(4)21(29)23-18-12-10-17(11-13-18)15(3)28/h10-13,16,19H,7-9,14H2,1-6H3,(H,23,29)/p+1/t16-,19-/m1/s1. The predicted molar refractivity (Wildman–Crippen MR) is 121 cm³/mol. The van der Waals surface area contributed by atoms with E-state index in [-0.39, 0.29) is 23.0 Å². The van der Waals surface area contributed by atoms with Gasteiger partial charge in [-0.05, 0) is 44.5 Å². The Morgan fingerprint density at radius 2 is 1.83 bits per heavy atom.